The first-order valence-electron chi connectivity index (χ1n) is 6.80. The predicted octanol–water partition coefficient (Wildman–Crippen LogP) is 2.80. The van der Waals surface area contributed by atoms with Gasteiger partial charge in [-0.25, -0.2) is 8.78 Å². The summed E-state index contributed by atoms with van der Waals surface area (Å²) in [7, 11) is 0. The van der Waals surface area contributed by atoms with Gasteiger partial charge < -0.3 is 10.2 Å². The second-order valence-electron chi connectivity index (χ2n) is 5.29. The summed E-state index contributed by atoms with van der Waals surface area (Å²) < 4.78 is 25.8. The van der Waals surface area contributed by atoms with E-state index in [0.717, 1.165) is 12.1 Å². The highest BCUT2D eigenvalue weighted by molar-refractivity contribution is 5.91. The Kier molecular flexibility index (Phi) is 6.27. The molecule has 1 aromatic carbocycles. The van der Waals surface area contributed by atoms with Gasteiger partial charge in [-0.15, -0.1) is 0 Å². The maximum Gasteiger partial charge on any atom is 0.226 e. The Hall–Kier alpha value is -1.98. The molecule has 0 radical (unpaired) electrons. The minimum atomic E-state index is -1.02. The molecule has 0 spiro atoms. The third-order valence-electron chi connectivity index (χ3n) is 2.84. The van der Waals surface area contributed by atoms with Crippen LogP contribution in [0, 0.1) is 17.6 Å². The molecule has 0 unspecified atom stereocenters. The van der Waals surface area contributed by atoms with Gasteiger partial charge in [0.15, 0.2) is 11.6 Å². The van der Waals surface area contributed by atoms with Crippen molar-refractivity contribution in [2.75, 3.05) is 18.4 Å². The van der Waals surface area contributed by atoms with Crippen molar-refractivity contribution >= 4 is 17.5 Å². The lowest BCUT2D eigenvalue weighted by Gasteiger charge is -2.22. The SMILES string of the molecule is CC(=O)N(CCC(=O)Nc1ccc(F)c(F)c1)CC(C)C. The molecule has 0 bridgehead atoms. The van der Waals surface area contributed by atoms with Crippen LogP contribution in [0.15, 0.2) is 18.2 Å². The minimum Gasteiger partial charge on any atom is -0.342 e. The van der Waals surface area contributed by atoms with E-state index in [1.807, 2.05) is 13.8 Å². The summed E-state index contributed by atoms with van der Waals surface area (Å²) in [6.45, 7) is 6.29. The molecule has 116 valence electrons. The first-order chi connectivity index (χ1) is 9.79. The Morgan fingerprint density at radius 2 is 1.90 bits per heavy atom. The fourth-order valence-corrected chi connectivity index (χ4v) is 1.85. The summed E-state index contributed by atoms with van der Waals surface area (Å²) in [5.41, 5.74) is 0.192. The Bertz CT molecular complexity index is 518. The largest absolute Gasteiger partial charge is 0.342 e. The molecule has 1 N–H and O–H groups in total. The van der Waals surface area contributed by atoms with Gasteiger partial charge in [0.2, 0.25) is 11.8 Å². The lowest BCUT2D eigenvalue weighted by atomic mass is 10.2. The van der Waals surface area contributed by atoms with Crippen LogP contribution in [0.1, 0.15) is 27.2 Å². The average Bonchev–Trinajstić information content (AvgIpc) is 2.38. The van der Waals surface area contributed by atoms with Gasteiger partial charge in [0, 0.05) is 38.2 Å². The van der Waals surface area contributed by atoms with Crippen molar-refractivity contribution in [2.45, 2.75) is 27.2 Å². The van der Waals surface area contributed by atoms with E-state index in [9.17, 15) is 18.4 Å². The molecular formula is C15H20F2N2O2. The number of halogens is 2. The summed E-state index contributed by atoms with van der Waals surface area (Å²) in [6.07, 6.45) is 0.102. The predicted molar refractivity (Wildman–Crippen MR) is 76.7 cm³/mol. The zero-order valence-electron chi connectivity index (χ0n) is 12.5. The molecule has 4 nitrogen and oxygen atoms in total. The van der Waals surface area contributed by atoms with Gasteiger partial charge in [0.25, 0.3) is 0 Å². The number of benzene rings is 1. The molecule has 0 fully saturated rings. The van der Waals surface area contributed by atoms with Crippen LogP contribution < -0.4 is 5.32 Å². The van der Waals surface area contributed by atoms with Gasteiger partial charge in [-0.3, -0.25) is 9.59 Å². The number of amides is 2. The third kappa shape index (κ3) is 5.89. The fraction of sp³-hybridized carbons (Fsp3) is 0.467. The summed E-state index contributed by atoms with van der Waals surface area (Å²) in [5.74, 6) is -2.12. The van der Waals surface area contributed by atoms with Crippen LogP contribution in [-0.4, -0.2) is 29.8 Å². The van der Waals surface area contributed by atoms with E-state index in [2.05, 4.69) is 5.32 Å². The molecule has 0 aromatic heterocycles. The number of hydrogen-bond donors (Lipinski definition) is 1. The summed E-state index contributed by atoms with van der Waals surface area (Å²) in [6, 6.07) is 3.16. The normalized spacial score (nSPS) is 10.6. The van der Waals surface area contributed by atoms with Crippen molar-refractivity contribution in [3.63, 3.8) is 0 Å². The molecule has 0 saturated carbocycles. The molecule has 6 heteroatoms. The summed E-state index contributed by atoms with van der Waals surface area (Å²) in [5, 5.41) is 2.47. The Labute approximate surface area is 123 Å². The molecule has 1 aromatic rings. The number of anilines is 1. The van der Waals surface area contributed by atoms with Crippen LogP contribution in [0.25, 0.3) is 0 Å². The van der Waals surface area contributed by atoms with Crippen molar-refractivity contribution < 1.29 is 18.4 Å². The molecule has 1 rings (SSSR count). The number of carbonyl (C=O) groups excluding carboxylic acids is 2. The minimum absolute atomic E-state index is 0.0932. The second kappa shape index (κ2) is 7.71. The average molecular weight is 298 g/mol. The highest BCUT2D eigenvalue weighted by Crippen LogP contribution is 2.13. The highest BCUT2D eigenvalue weighted by atomic mass is 19.2. The molecule has 21 heavy (non-hydrogen) atoms. The molecule has 0 atom stereocenters. The van der Waals surface area contributed by atoms with E-state index in [0.29, 0.717) is 19.0 Å². The lowest BCUT2D eigenvalue weighted by molar-refractivity contribution is -0.129. The number of nitrogens with zero attached hydrogens (tertiary/aromatic N) is 1. The van der Waals surface area contributed by atoms with Crippen molar-refractivity contribution in [2.24, 2.45) is 5.92 Å². The molecule has 0 aliphatic rings. The van der Waals surface area contributed by atoms with Gasteiger partial charge in [-0.2, -0.15) is 0 Å². The van der Waals surface area contributed by atoms with Crippen LogP contribution in [0.5, 0.6) is 0 Å². The van der Waals surface area contributed by atoms with Gasteiger partial charge in [-0.1, -0.05) is 13.8 Å². The number of carbonyl (C=O) groups is 2. The van der Waals surface area contributed by atoms with Crippen molar-refractivity contribution in [3.8, 4) is 0 Å². The molecule has 2 amide bonds. The van der Waals surface area contributed by atoms with E-state index >= 15 is 0 Å². The van der Waals surface area contributed by atoms with Gasteiger partial charge >= 0.3 is 0 Å². The fourth-order valence-electron chi connectivity index (χ4n) is 1.85. The monoisotopic (exact) mass is 298 g/mol. The third-order valence-corrected chi connectivity index (χ3v) is 2.84. The molecule has 0 aliphatic carbocycles. The standard InChI is InChI=1S/C15H20F2N2O2/c1-10(2)9-19(11(3)20)7-6-15(21)18-12-4-5-13(16)14(17)8-12/h4-5,8,10H,6-7,9H2,1-3H3,(H,18,21). The summed E-state index contributed by atoms with van der Waals surface area (Å²) in [4.78, 5) is 24.8. The van der Waals surface area contributed by atoms with E-state index in [1.165, 1.54) is 13.0 Å². The zero-order valence-corrected chi connectivity index (χ0v) is 12.5. The Morgan fingerprint density at radius 1 is 1.24 bits per heavy atom. The first kappa shape index (κ1) is 17.1. The molecule has 0 saturated heterocycles. The number of hydrogen-bond acceptors (Lipinski definition) is 2. The Morgan fingerprint density at radius 3 is 2.43 bits per heavy atom. The maximum atomic E-state index is 13.0. The van der Waals surface area contributed by atoms with Crippen molar-refractivity contribution in [1.29, 1.82) is 0 Å². The highest BCUT2D eigenvalue weighted by Gasteiger charge is 2.13. The lowest BCUT2D eigenvalue weighted by Crippen LogP contribution is -2.34. The van der Waals surface area contributed by atoms with Crippen molar-refractivity contribution in [1.82, 2.24) is 4.90 Å². The van der Waals surface area contributed by atoms with E-state index in [1.54, 1.807) is 4.90 Å². The van der Waals surface area contributed by atoms with Crippen LogP contribution in [0.4, 0.5) is 14.5 Å². The quantitative estimate of drug-likeness (QED) is 0.878. The van der Waals surface area contributed by atoms with E-state index in [4.69, 9.17) is 0 Å². The van der Waals surface area contributed by atoms with Crippen LogP contribution in [0.3, 0.4) is 0 Å². The molecular weight excluding hydrogens is 278 g/mol. The summed E-state index contributed by atoms with van der Waals surface area (Å²) >= 11 is 0. The van der Waals surface area contributed by atoms with Crippen LogP contribution >= 0.6 is 0 Å². The first-order valence-corrected chi connectivity index (χ1v) is 6.80. The number of rotatable bonds is 6. The van der Waals surface area contributed by atoms with Crippen LogP contribution in [0.2, 0.25) is 0 Å². The van der Waals surface area contributed by atoms with Crippen LogP contribution in [-0.2, 0) is 9.59 Å². The van der Waals surface area contributed by atoms with Crippen molar-refractivity contribution in [3.05, 3.63) is 29.8 Å². The molecule has 0 aliphatic heterocycles. The second-order valence-corrected chi connectivity index (χ2v) is 5.29. The van der Waals surface area contributed by atoms with Gasteiger partial charge in [-0.05, 0) is 18.1 Å². The van der Waals surface area contributed by atoms with E-state index < -0.39 is 11.6 Å². The number of nitrogens with one attached hydrogen (secondary N) is 1. The van der Waals surface area contributed by atoms with Gasteiger partial charge in [0.05, 0.1) is 0 Å². The molecule has 0 heterocycles. The topological polar surface area (TPSA) is 49.4 Å². The zero-order chi connectivity index (χ0) is 16.0. The van der Waals surface area contributed by atoms with Gasteiger partial charge in [0.1, 0.15) is 0 Å². The van der Waals surface area contributed by atoms with E-state index in [-0.39, 0.29) is 23.9 Å². The smallest absolute Gasteiger partial charge is 0.226 e. The Balaban J connectivity index is 2.52. The maximum absolute atomic E-state index is 13.0.